The van der Waals surface area contributed by atoms with E-state index in [0.717, 1.165) is 12.8 Å². The van der Waals surface area contributed by atoms with Crippen LogP contribution in [0.4, 0.5) is 0 Å². The number of carbonyl (C=O) groups is 2. The molecule has 1 unspecified atom stereocenters. The van der Waals surface area contributed by atoms with Gasteiger partial charge in [0.1, 0.15) is 0 Å². The van der Waals surface area contributed by atoms with Crippen molar-refractivity contribution < 1.29 is 19.1 Å². The molecule has 2 saturated carbocycles. The predicted molar refractivity (Wildman–Crippen MR) is 102 cm³/mol. The summed E-state index contributed by atoms with van der Waals surface area (Å²) in [5, 5.41) is 0. The molecular formula is C22H34O4. The first-order chi connectivity index (χ1) is 12.2. The Morgan fingerprint density at radius 3 is 2.50 bits per heavy atom. The van der Waals surface area contributed by atoms with Crippen molar-refractivity contribution in [1.29, 1.82) is 0 Å². The number of hydrogen-bond donors (Lipinski definition) is 0. The average Bonchev–Trinajstić information content (AvgIpc) is 2.58. The van der Waals surface area contributed by atoms with E-state index in [9.17, 15) is 9.59 Å². The first-order valence-corrected chi connectivity index (χ1v) is 9.67. The molecule has 0 aliphatic heterocycles. The van der Waals surface area contributed by atoms with Crippen molar-refractivity contribution in [3.63, 3.8) is 0 Å². The minimum absolute atomic E-state index is 0.0476. The van der Waals surface area contributed by atoms with Crippen molar-refractivity contribution in [3.05, 3.63) is 23.8 Å². The monoisotopic (exact) mass is 362 g/mol. The quantitative estimate of drug-likeness (QED) is 0.399. The number of allylic oxidation sites excluding steroid dienone is 2. The van der Waals surface area contributed by atoms with Crippen LogP contribution in [-0.2, 0) is 19.1 Å². The highest BCUT2D eigenvalue weighted by atomic mass is 16.5. The van der Waals surface area contributed by atoms with E-state index in [-0.39, 0.29) is 11.8 Å². The lowest BCUT2D eigenvalue weighted by Gasteiger charge is -2.58. The van der Waals surface area contributed by atoms with Gasteiger partial charge in [-0.3, -0.25) is 4.79 Å². The minimum atomic E-state index is -0.456. The van der Waals surface area contributed by atoms with E-state index in [4.69, 9.17) is 9.47 Å². The van der Waals surface area contributed by atoms with Gasteiger partial charge >= 0.3 is 11.9 Å². The second-order valence-corrected chi connectivity index (χ2v) is 8.86. The van der Waals surface area contributed by atoms with E-state index in [1.54, 1.807) is 0 Å². The zero-order chi connectivity index (χ0) is 19.5. The normalized spacial score (nSPS) is 31.1. The maximum absolute atomic E-state index is 12.1. The lowest BCUT2D eigenvalue weighted by Crippen LogP contribution is -2.49. The fourth-order valence-corrected chi connectivity index (χ4v) is 5.56. The lowest BCUT2D eigenvalue weighted by molar-refractivity contribution is -0.143. The van der Waals surface area contributed by atoms with Gasteiger partial charge in [-0.05, 0) is 54.8 Å². The molecule has 0 amide bonds. The summed E-state index contributed by atoms with van der Waals surface area (Å²) in [4.78, 5) is 23.7. The Kier molecular flexibility index (Phi) is 6.36. The van der Waals surface area contributed by atoms with Crippen LogP contribution in [0.2, 0.25) is 0 Å². The van der Waals surface area contributed by atoms with E-state index < -0.39 is 11.9 Å². The topological polar surface area (TPSA) is 52.6 Å². The summed E-state index contributed by atoms with van der Waals surface area (Å²) >= 11 is 0. The molecule has 0 radical (unpaired) electrons. The standard InChI is InChI=1S/C22H34O4/c1-15-8-11-18-21(2,3)12-7-13-22(18,4)17(15)10-9-16(20(24)26-6)14-19(23)25-5/h9,17-18H,1,7-8,10-14H2,2-6H3/b16-9-/t17-,18?,22-/m0/s1. The van der Waals surface area contributed by atoms with Crippen molar-refractivity contribution in [1.82, 2.24) is 0 Å². The third kappa shape index (κ3) is 4.05. The van der Waals surface area contributed by atoms with E-state index >= 15 is 0 Å². The van der Waals surface area contributed by atoms with Crippen LogP contribution in [0.15, 0.2) is 23.8 Å². The number of hydrogen-bond acceptors (Lipinski definition) is 4. The van der Waals surface area contributed by atoms with Gasteiger partial charge in [-0.2, -0.15) is 0 Å². The molecule has 2 rings (SSSR count). The molecule has 0 aromatic heterocycles. The average molecular weight is 363 g/mol. The molecule has 4 nitrogen and oxygen atoms in total. The van der Waals surface area contributed by atoms with Gasteiger partial charge in [0.15, 0.2) is 0 Å². The Morgan fingerprint density at radius 2 is 1.88 bits per heavy atom. The lowest BCUT2D eigenvalue weighted by atomic mass is 9.47. The first kappa shape index (κ1) is 20.7. The highest BCUT2D eigenvalue weighted by Gasteiger charge is 2.52. The molecule has 2 fully saturated rings. The highest BCUT2D eigenvalue weighted by Crippen LogP contribution is 2.61. The summed E-state index contributed by atoms with van der Waals surface area (Å²) < 4.78 is 9.57. The summed E-state index contributed by atoms with van der Waals surface area (Å²) in [5.41, 5.74) is 2.19. The number of esters is 2. The van der Waals surface area contributed by atoms with E-state index in [1.165, 1.54) is 45.5 Å². The van der Waals surface area contributed by atoms with Crippen LogP contribution in [0.3, 0.4) is 0 Å². The molecule has 0 aromatic carbocycles. The van der Waals surface area contributed by atoms with Crippen molar-refractivity contribution in [3.8, 4) is 0 Å². The van der Waals surface area contributed by atoms with E-state index in [2.05, 4.69) is 27.4 Å². The predicted octanol–water partition coefficient (Wildman–Crippen LogP) is 4.84. The zero-order valence-corrected chi connectivity index (χ0v) is 17.0. The van der Waals surface area contributed by atoms with Gasteiger partial charge in [0.25, 0.3) is 0 Å². The van der Waals surface area contributed by atoms with E-state index in [0.29, 0.717) is 22.8 Å². The first-order valence-electron chi connectivity index (χ1n) is 9.67. The molecule has 0 N–H and O–H groups in total. The van der Waals surface area contributed by atoms with Gasteiger partial charge in [0, 0.05) is 5.57 Å². The Balaban J connectivity index is 2.27. The van der Waals surface area contributed by atoms with E-state index in [1.807, 2.05) is 6.08 Å². The van der Waals surface area contributed by atoms with Crippen LogP contribution in [0.1, 0.15) is 65.7 Å². The fourth-order valence-electron chi connectivity index (χ4n) is 5.56. The fraction of sp³-hybridized carbons (Fsp3) is 0.727. The number of ether oxygens (including phenoxy) is 2. The van der Waals surface area contributed by atoms with Crippen LogP contribution in [0.5, 0.6) is 0 Å². The van der Waals surface area contributed by atoms with Crippen LogP contribution < -0.4 is 0 Å². The molecule has 0 saturated heterocycles. The minimum Gasteiger partial charge on any atom is -0.469 e. The second kappa shape index (κ2) is 7.98. The van der Waals surface area contributed by atoms with Gasteiger partial charge in [0.05, 0.1) is 20.6 Å². The maximum atomic E-state index is 12.1. The Bertz CT molecular complexity index is 601. The molecular weight excluding hydrogens is 328 g/mol. The molecule has 0 heterocycles. The molecule has 0 spiro atoms. The van der Waals surface area contributed by atoms with Crippen molar-refractivity contribution in [2.24, 2.45) is 22.7 Å². The Hall–Kier alpha value is -1.58. The third-order valence-electron chi connectivity index (χ3n) is 6.93. The number of carbonyl (C=O) groups excluding carboxylic acids is 2. The second-order valence-electron chi connectivity index (χ2n) is 8.86. The Labute approximate surface area is 158 Å². The summed E-state index contributed by atoms with van der Waals surface area (Å²) in [7, 11) is 2.67. The molecule has 2 aliphatic carbocycles. The van der Waals surface area contributed by atoms with Gasteiger partial charge in [0.2, 0.25) is 0 Å². The smallest absolute Gasteiger partial charge is 0.333 e. The van der Waals surface area contributed by atoms with Gasteiger partial charge in [-0.25, -0.2) is 4.79 Å². The molecule has 4 heteroatoms. The molecule has 3 atom stereocenters. The number of fused-ring (bicyclic) bond motifs is 1. The van der Waals surface area contributed by atoms with Gasteiger partial charge < -0.3 is 9.47 Å². The van der Waals surface area contributed by atoms with Crippen molar-refractivity contribution in [2.75, 3.05) is 14.2 Å². The largest absolute Gasteiger partial charge is 0.469 e. The van der Waals surface area contributed by atoms with Crippen molar-refractivity contribution in [2.45, 2.75) is 65.7 Å². The highest BCUT2D eigenvalue weighted by molar-refractivity contribution is 5.93. The van der Waals surface area contributed by atoms with Crippen LogP contribution >= 0.6 is 0 Å². The number of methoxy groups -OCH3 is 2. The SMILES string of the molecule is C=C1CCC2C(C)(C)CCC[C@@]2(C)[C@H]1C/C=C(/CC(=O)OC)C(=O)OC. The molecule has 0 aromatic rings. The summed E-state index contributed by atoms with van der Waals surface area (Å²) in [6.07, 6.45) is 8.52. The summed E-state index contributed by atoms with van der Waals surface area (Å²) in [6.45, 7) is 11.6. The number of rotatable bonds is 5. The molecule has 0 bridgehead atoms. The van der Waals surface area contributed by atoms with Gasteiger partial charge in [-0.15, -0.1) is 0 Å². The summed E-state index contributed by atoms with van der Waals surface area (Å²) in [6, 6.07) is 0. The zero-order valence-electron chi connectivity index (χ0n) is 17.0. The van der Waals surface area contributed by atoms with Gasteiger partial charge in [-0.1, -0.05) is 45.4 Å². The molecule has 2 aliphatic rings. The maximum Gasteiger partial charge on any atom is 0.333 e. The van der Waals surface area contributed by atoms with Crippen LogP contribution in [-0.4, -0.2) is 26.2 Å². The molecule has 146 valence electrons. The summed E-state index contributed by atoms with van der Waals surface area (Å²) in [5.74, 6) is 0.113. The van der Waals surface area contributed by atoms with Crippen LogP contribution in [0, 0.1) is 22.7 Å². The Morgan fingerprint density at radius 1 is 1.19 bits per heavy atom. The van der Waals surface area contributed by atoms with Crippen molar-refractivity contribution >= 4 is 11.9 Å². The molecule has 26 heavy (non-hydrogen) atoms. The third-order valence-corrected chi connectivity index (χ3v) is 6.93. The van der Waals surface area contributed by atoms with Crippen LogP contribution in [0.25, 0.3) is 0 Å².